The van der Waals surface area contributed by atoms with E-state index >= 15 is 0 Å². The lowest BCUT2D eigenvalue weighted by Crippen LogP contribution is -2.61. The van der Waals surface area contributed by atoms with Crippen molar-refractivity contribution in [2.45, 2.75) is 95.2 Å². The fourth-order valence-corrected chi connectivity index (χ4v) is 7.44. The Morgan fingerprint density at radius 2 is 1.72 bits per heavy atom. The fourth-order valence-electron chi connectivity index (χ4n) is 7.44. The number of carbonyl (C=O) groups excluding carboxylic acids is 1. The molecule has 1 amide bonds. The maximum absolute atomic E-state index is 13.8. The third kappa shape index (κ3) is 5.40. The Morgan fingerprint density at radius 3 is 2.33 bits per heavy atom. The number of piperidine rings is 1. The SMILES string of the molecule is Cc1cc(CN(c2ncc(O)cn2)[C@H]2CC3(C[C@H]3C)N(C(=O)OC(C)C)C3(C2)C[C@H]3c2ccccc2)cc(C(F)(F)F)c1. The average Bonchev–Trinajstić information content (AvgIpc) is 3.81. The average molecular weight is 595 g/mol. The smallest absolute Gasteiger partial charge is 0.416 e. The van der Waals surface area contributed by atoms with E-state index in [2.05, 4.69) is 29.0 Å². The Labute approximate surface area is 249 Å². The number of alkyl halides is 3. The zero-order chi connectivity index (χ0) is 30.7. The number of carbonyl (C=O) groups is 1. The molecule has 0 radical (unpaired) electrons. The summed E-state index contributed by atoms with van der Waals surface area (Å²) in [5, 5.41) is 9.92. The first-order valence-electron chi connectivity index (χ1n) is 14.8. The van der Waals surface area contributed by atoms with Gasteiger partial charge in [0.15, 0.2) is 5.75 Å². The molecule has 2 aromatic carbocycles. The van der Waals surface area contributed by atoms with Crippen LogP contribution in [0.4, 0.5) is 23.9 Å². The Hall–Kier alpha value is -3.82. The van der Waals surface area contributed by atoms with Gasteiger partial charge in [0.2, 0.25) is 5.95 Å². The lowest BCUT2D eigenvalue weighted by Gasteiger charge is -2.50. The first-order valence-corrected chi connectivity index (χ1v) is 14.8. The van der Waals surface area contributed by atoms with Gasteiger partial charge in [-0.3, -0.25) is 4.90 Å². The number of rotatable bonds is 6. The predicted octanol–water partition coefficient (Wildman–Crippen LogP) is 7.23. The monoisotopic (exact) mass is 594 g/mol. The van der Waals surface area contributed by atoms with Crippen molar-refractivity contribution in [3.8, 4) is 5.75 Å². The summed E-state index contributed by atoms with van der Waals surface area (Å²) in [7, 11) is 0. The van der Waals surface area contributed by atoms with Crippen LogP contribution >= 0.6 is 0 Å². The van der Waals surface area contributed by atoms with Gasteiger partial charge < -0.3 is 14.7 Å². The highest BCUT2D eigenvalue weighted by molar-refractivity contribution is 5.73. The maximum Gasteiger partial charge on any atom is 0.416 e. The minimum absolute atomic E-state index is 0.0966. The molecule has 7 nitrogen and oxygen atoms in total. The first kappa shape index (κ1) is 29.3. The summed E-state index contributed by atoms with van der Waals surface area (Å²) in [6.45, 7) is 7.64. The number of aromatic nitrogens is 2. The predicted molar refractivity (Wildman–Crippen MR) is 156 cm³/mol. The van der Waals surface area contributed by atoms with E-state index in [4.69, 9.17) is 4.74 Å². The van der Waals surface area contributed by atoms with Gasteiger partial charge in [-0.15, -0.1) is 0 Å². The molecular weight excluding hydrogens is 557 g/mol. The van der Waals surface area contributed by atoms with Crippen LogP contribution in [0.1, 0.15) is 74.6 Å². The van der Waals surface area contributed by atoms with Crippen LogP contribution in [0.25, 0.3) is 0 Å². The molecule has 3 aromatic rings. The van der Waals surface area contributed by atoms with Gasteiger partial charge in [0.1, 0.15) is 0 Å². The molecule has 2 spiro atoms. The first-order chi connectivity index (χ1) is 20.3. The molecule has 3 aliphatic rings. The van der Waals surface area contributed by atoms with Crippen molar-refractivity contribution in [3.05, 3.63) is 83.2 Å². The van der Waals surface area contributed by atoms with Crippen LogP contribution in [-0.4, -0.2) is 49.3 Å². The highest BCUT2D eigenvalue weighted by Gasteiger charge is 2.74. The van der Waals surface area contributed by atoms with Gasteiger partial charge in [-0.2, -0.15) is 13.2 Å². The van der Waals surface area contributed by atoms with E-state index in [0.717, 1.165) is 24.5 Å². The van der Waals surface area contributed by atoms with Crippen LogP contribution < -0.4 is 4.90 Å². The zero-order valence-electron chi connectivity index (χ0n) is 24.8. The molecule has 3 fully saturated rings. The van der Waals surface area contributed by atoms with Crippen LogP contribution in [0.2, 0.25) is 0 Å². The Kier molecular flexibility index (Phi) is 7.09. The quantitative estimate of drug-likeness (QED) is 0.325. The number of nitrogens with zero attached hydrogens (tertiary/aromatic N) is 4. The molecule has 1 saturated heterocycles. The topological polar surface area (TPSA) is 78.8 Å². The summed E-state index contributed by atoms with van der Waals surface area (Å²) in [6.07, 6.45) is 0.314. The summed E-state index contributed by atoms with van der Waals surface area (Å²) in [5.74, 6) is 0.549. The molecule has 6 rings (SSSR count). The zero-order valence-corrected chi connectivity index (χ0v) is 24.8. The molecule has 0 bridgehead atoms. The standard InChI is InChI=1S/C33H37F3N4O3/c1-20(2)43-30(42)40-31(13-22(31)4)14-26(15-32(40)16-28(32)24-8-6-5-7-9-24)39(29-37-17-27(41)18-38-29)19-23-10-21(3)11-25(12-23)33(34,35)36/h5-12,17-18,20,22,26,28,41H,13-16,19H2,1-4H3/t22-,26+,28+,31?,32?/m1/s1. The summed E-state index contributed by atoms with van der Waals surface area (Å²) in [4.78, 5) is 26.6. The van der Waals surface area contributed by atoms with E-state index in [1.807, 2.05) is 41.8 Å². The van der Waals surface area contributed by atoms with Gasteiger partial charge in [0.25, 0.3) is 0 Å². The summed E-state index contributed by atoms with van der Waals surface area (Å²) >= 11 is 0. The number of amides is 1. The van der Waals surface area contributed by atoms with Crippen molar-refractivity contribution in [2.75, 3.05) is 4.90 Å². The third-order valence-electron chi connectivity index (χ3n) is 9.39. The normalized spacial score (nSPS) is 27.9. The number of ether oxygens (including phenoxy) is 1. The van der Waals surface area contributed by atoms with E-state index in [-0.39, 0.29) is 42.4 Å². The van der Waals surface area contributed by atoms with E-state index < -0.39 is 22.8 Å². The van der Waals surface area contributed by atoms with E-state index in [1.165, 1.54) is 18.5 Å². The molecule has 228 valence electrons. The molecule has 2 aliphatic carbocycles. The second-order valence-corrected chi connectivity index (χ2v) is 12.9. The number of benzene rings is 2. The molecule has 1 aliphatic heterocycles. The van der Waals surface area contributed by atoms with Crippen molar-refractivity contribution >= 4 is 12.0 Å². The Bertz CT molecular complexity index is 1500. The molecule has 5 atom stereocenters. The number of hydrogen-bond acceptors (Lipinski definition) is 6. The summed E-state index contributed by atoms with van der Waals surface area (Å²) < 4.78 is 47.1. The lowest BCUT2D eigenvalue weighted by molar-refractivity contribution is -0.137. The van der Waals surface area contributed by atoms with Crippen LogP contribution in [0.15, 0.2) is 60.9 Å². The van der Waals surface area contributed by atoms with Gasteiger partial charge in [-0.05, 0) is 75.6 Å². The second kappa shape index (κ2) is 10.4. The van der Waals surface area contributed by atoms with Crippen molar-refractivity contribution in [3.63, 3.8) is 0 Å². The van der Waals surface area contributed by atoms with Crippen molar-refractivity contribution in [1.29, 1.82) is 0 Å². The van der Waals surface area contributed by atoms with Gasteiger partial charge in [0, 0.05) is 18.5 Å². The van der Waals surface area contributed by atoms with Gasteiger partial charge >= 0.3 is 12.3 Å². The van der Waals surface area contributed by atoms with Crippen LogP contribution in [-0.2, 0) is 17.5 Å². The number of halogens is 3. The van der Waals surface area contributed by atoms with E-state index in [9.17, 15) is 23.1 Å². The molecule has 1 N–H and O–H groups in total. The van der Waals surface area contributed by atoms with Gasteiger partial charge in [-0.25, -0.2) is 14.8 Å². The fraction of sp³-hybridized carbons (Fsp3) is 0.485. The van der Waals surface area contributed by atoms with Gasteiger partial charge in [0.05, 0.1) is 35.1 Å². The largest absolute Gasteiger partial charge is 0.505 e. The molecule has 2 heterocycles. The molecule has 43 heavy (non-hydrogen) atoms. The minimum Gasteiger partial charge on any atom is -0.505 e. The molecular formula is C33H37F3N4O3. The number of likely N-dealkylation sites (tertiary alicyclic amines) is 1. The highest BCUT2D eigenvalue weighted by atomic mass is 19.4. The lowest BCUT2D eigenvalue weighted by atomic mass is 9.83. The van der Waals surface area contributed by atoms with E-state index in [1.54, 1.807) is 13.0 Å². The second-order valence-electron chi connectivity index (χ2n) is 12.9. The van der Waals surface area contributed by atoms with Crippen molar-refractivity contribution in [1.82, 2.24) is 14.9 Å². The Balaban J connectivity index is 1.43. The highest BCUT2D eigenvalue weighted by Crippen LogP contribution is 2.69. The number of hydrogen-bond donors (Lipinski definition) is 1. The molecule has 1 aromatic heterocycles. The molecule has 10 heteroatoms. The van der Waals surface area contributed by atoms with Crippen molar-refractivity contribution < 1.29 is 27.8 Å². The van der Waals surface area contributed by atoms with E-state index in [0.29, 0.717) is 29.9 Å². The number of anilines is 1. The maximum atomic E-state index is 13.8. The summed E-state index contributed by atoms with van der Waals surface area (Å²) in [5.41, 5.74) is 0.494. The third-order valence-corrected chi connectivity index (χ3v) is 9.39. The minimum atomic E-state index is -4.47. The molecule has 2 saturated carbocycles. The number of aryl methyl sites for hydroxylation is 1. The van der Waals surface area contributed by atoms with Crippen molar-refractivity contribution in [2.24, 2.45) is 5.92 Å². The number of aromatic hydroxyl groups is 1. The van der Waals surface area contributed by atoms with Gasteiger partial charge in [-0.1, -0.05) is 48.9 Å². The Morgan fingerprint density at radius 1 is 1.07 bits per heavy atom. The van der Waals surface area contributed by atoms with Crippen LogP contribution in [0.5, 0.6) is 5.75 Å². The summed E-state index contributed by atoms with van der Waals surface area (Å²) in [6, 6.07) is 14.1. The van der Waals surface area contributed by atoms with Crippen LogP contribution in [0.3, 0.4) is 0 Å². The molecule has 2 unspecified atom stereocenters. The van der Waals surface area contributed by atoms with Crippen LogP contribution in [0, 0.1) is 12.8 Å².